The number of ether oxygens (including phenoxy) is 3. The Bertz CT molecular complexity index is 1070. The molecule has 1 saturated heterocycles. The van der Waals surface area contributed by atoms with E-state index in [1.54, 1.807) is 24.7 Å². The van der Waals surface area contributed by atoms with Crippen molar-refractivity contribution in [1.82, 2.24) is 15.0 Å². The van der Waals surface area contributed by atoms with Crippen LogP contribution >= 0.6 is 35.4 Å². The van der Waals surface area contributed by atoms with Gasteiger partial charge in [-0.3, -0.25) is 0 Å². The van der Waals surface area contributed by atoms with Crippen LogP contribution < -0.4 is 21.3 Å². The zero-order valence-corrected chi connectivity index (χ0v) is 19.2. The summed E-state index contributed by atoms with van der Waals surface area (Å²) in [5.41, 5.74) is 3.85. The highest BCUT2D eigenvalue weighted by atomic mass is 35.5. The lowest BCUT2D eigenvalue weighted by atomic mass is 10.1. The third-order valence-electron chi connectivity index (χ3n) is 4.83. The molecule has 0 spiro atoms. The van der Waals surface area contributed by atoms with Crippen molar-refractivity contribution < 1.29 is 14.2 Å². The fraction of sp³-hybridized carbons (Fsp3) is 0.238. The molecule has 1 aliphatic heterocycles. The number of imidazole rings is 1. The fourth-order valence-electron chi connectivity index (χ4n) is 3.37. The number of hydrazine groups is 1. The van der Waals surface area contributed by atoms with Gasteiger partial charge in [0.15, 0.2) is 5.11 Å². The Labute approximate surface area is 200 Å². The van der Waals surface area contributed by atoms with Crippen molar-refractivity contribution in [3.63, 3.8) is 0 Å². The number of thiocarbonyl (C=S) groups is 1. The first-order valence-corrected chi connectivity index (χ1v) is 10.9. The van der Waals surface area contributed by atoms with E-state index in [-0.39, 0.29) is 6.10 Å². The predicted molar refractivity (Wildman–Crippen MR) is 127 cm³/mol. The molecule has 0 bridgehead atoms. The Morgan fingerprint density at radius 1 is 1.28 bits per heavy atom. The molecule has 0 radical (unpaired) electrons. The van der Waals surface area contributed by atoms with Gasteiger partial charge in [-0.05, 0) is 48.6 Å². The molecule has 0 unspecified atom stereocenters. The van der Waals surface area contributed by atoms with E-state index in [1.165, 1.54) is 0 Å². The van der Waals surface area contributed by atoms with Crippen molar-refractivity contribution in [2.24, 2.45) is 5.84 Å². The van der Waals surface area contributed by atoms with Gasteiger partial charge in [-0.2, -0.15) is 0 Å². The van der Waals surface area contributed by atoms with Gasteiger partial charge in [-0.25, -0.2) is 10.8 Å². The summed E-state index contributed by atoms with van der Waals surface area (Å²) in [6.07, 6.45) is 4.92. The van der Waals surface area contributed by atoms with E-state index < -0.39 is 5.79 Å². The number of halogens is 2. The van der Waals surface area contributed by atoms with Crippen molar-refractivity contribution in [2.75, 3.05) is 18.5 Å². The molecule has 2 atom stereocenters. The van der Waals surface area contributed by atoms with Gasteiger partial charge >= 0.3 is 0 Å². The number of hydrogen-bond donors (Lipinski definition) is 3. The second kappa shape index (κ2) is 10.0. The van der Waals surface area contributed by atoms with Crippen LogP contribution in [0.1, 0.15) is 5.56 Å². The lowest BCUT2D eigenvalue weighted by Crippen LogP contribution is -2.34. The van der Waals surface area contributed by atoms with E-state index in [0.29, 0.717) is 46.2 Å². The highest BCUT2D eigenvalue weighted by molar-refractivity contribution is 7.80. The summed E-state index contributed by atoms with van der Waals surface area (Å²) in [4.78, 5) is 4.10. The molecule has 0 amide bonds. The maximum Gasteiger partial charge on any atom is 0.215 e. The summed E-state index contributed by atoms with van der Waals surface area (Å²) in [7, 11) is 0. The van der Waals surface area contributed by atoms with Crippen molar-refractivity contribution in [1.29, 1.82) is 0 Å². The third-order valence-corrected chi connectivity index (χ3v) is 5.60. The molecular formula is C21H21Cl2N5O3S. The zero-order chi connectivity index (χ0) is 22.6. The predicted octanol–water partition coefficient (Wildman–Crippen LogP) is 3.70. The number of anilines is 1. The van der Waals surface area contributed by atoms with Crippen molar-refractivity contribution >= 4 is 46.2 Å². The zero-order valence-electron chi connectivity index (χ0n) is 16.8. The monoisotopic (exact) mass is 493 g/mol. The van der Waals surface area contributed by atoms with Gasteiger partial charge < -0.3 is 29.5 Å². The lowest BCUT2D eigenvalue weighted by Gasteiger charge is -2.30. The molecule has 2 heterocycles. The first-order valence-electron chi connectivity index (χ1n) is 9.71. The number of aromatic nitrogens is 2. The molecule has 0 aliphatic carbocycles. The van der Waals surface area contributed by atoms with Gasteiger partial charge in [-0.15, -0.1) is 0 Å². The van der Waals surface area contributed by atoms with E-state index in [9.17, 15) is 0 Å². The topological polar surface area (TPSA) is 95.6 Å². The maximum absolute atomic E-state index is 6.49. The molecule has 4 N–H and O–H groups in total. The molecule has 0 saturated carbocycles. The van der Waals surface area contributed by atoms with Gasteiger partial charge in [0.05, 0.1) is 24.5 Å². The molecular weight excluding hydrogens is 473 g/mol. The quantitative estimate of drug-likeness (QED) is 0.260. The van der Waals surface area contributed by atoms with Crippen molar-refractivity contribution in [2.45, 2.75) is 18.4 Å². The smallest absolute Gasteiger partial charge is 0.215 e. The Kier molecular flexibility index (Phi) is 7.14. The molecule has 8 nitrogen and oxygen atoms in total. The highest BCUT2D eigenvalue weighted by Crippen LogP contribution is 2.40. The van der Waals surface area contributed by atoms with Crippen LogP contribution in [0.2, 0.25) is 10.0 Å². The summed E-state index contributed by atoms with van der Waals surface area (Å²) in [5, 5.41) is 4.27. The molecule has 32 heavy (non-hydrogen) atoms. The van der Waals surface area contributed by atoms with Crippen LogP contribution in [0.15, 0.2) is 61.2 Å². The van der Waals surface area contributed by atoms with E-state index >= 15 is 0 Å². The number of rotatable bonds is 7. The standard InChI is InChI=1S/C21H21Cl2N5O3S/c22-14-1-6-18(19(23)9-14)21(12-28-8-7-25-13-28)30-11-17(31-21)10-29-16-4-2-15(3-5-16)26-20(32)27-24/h1-9,13,17H,10-12,24H2,(H2,26,27,32)/t17-,21-/m1/s1. The lowest BCUT2D eigenvalue weighted by molar-refractivity contribution is -0.189. The molecule has 2 aromatic carbocycles. The molecule has 11 heteroatoms. The van der Waals surface area contributed by atoms with Gasteiger partial charge in [0.1, 0.15) is 18.5 Å². The van der Waals surface area contributed by atoms with Crippen molar-refractivity contribution in [3.05, 3.63) is 76.8 Å². The molecule has 1 fully saturated rings. The summed E-state index contributed by atoms with van der Waals surface area (Å²) < 4.78 is 20.3. The molecule has 168 valence electrons. The molecule has 1 aliphatic rings. The van der Waals surface area contributed by atoms with Crippen LogP contribution in [-0.4, -0.2) is 34.0 Å². The largest absolute Gasteiger partial charge is 0.491 e. The Balaban J connectivity index is 1.45. The summed E-state index contributed by atoms with van der Waals surface area (Å²) >= 11 is 17.6. The van der Waals surface area contributed by atoms with E-state index in [1.807, 2.05) is 41.1 Å². The molecule has 1 aromatic heterocycles. The summed E-state index contributed by atoms with van der Waals surface area (Å²) in [6.45, 7) is 1.01. The number of nitrogens with two attached hydrogens (primary N) is 1. The average Bonchev–Trinajstić information content (AvgIpc) is 3.44. The minimum absolute atomic E-state index is 0.298. The number of nitrogens with one attached hydrogen (secondary N) is 2. The molecule has 3 aromatic rings. The molecule has 4 rings (SSSR count). The first kappa shape index (κ1) is 22.8. The highest BCUT2D eigenvalue weighted by Gasteiger charge is 2.45. The van der Waals surface area contributed by atoms with E-state index in [0.717, 1.165) is 5.69 Å². The SMILES string of the molecule is NNC(=S)Nc1ccc(OC[C@@H]2CO[C@@](Cn3ccnc3)(c3ccc(Cl)cc3Cl)O2)cc1. The second-order valence-electron chi connectivity index (χ2n) is 7.10. The van der Waals surface area contributed by atoms with E-state index in [4.69, 9.17) is 55.5 Å². The van der Waals surface area contributed by atoms with Crippen LogP contribution in [0.25, 0.3) is 0 Å². The van der Waals surface area contributed by atoms with Gasteiger partial charge in [0.25, 0.3) is 0 Å². The Hall–Kier alpha value is -2.40. The van der Waals surface area contributed by atoms with Gasteiger partial charge in [0.2, 0.25) is 5.79 Å². The Morgan fingerprint density at radius 3 is 2.78 bits per heavy atom. The van der Waals surface area contributed by atoms with Crippen LogP contribution in [0.5, 0.6) is 5.75 Å². The third kappa shape index (κ3) is 5.32. The number of hydrogen-bond acceptors (Lipinski definition) is 6. The van der Waals surface area contributed by atoms with Crippen LogP contribution in [0.3, 0.4) is 0 Å². The summed E-state index contributed by atoms with van der Waals surface area (Å²) in [6, 6.07) is 12.6. The minimum Gasteiger partial charge on any atom is -0.491 e. The maximum atomic E-state index is 6.49. The van der Waals surface area contributed by atoms with Crippen LogP contribution in [0, 0.1) is 0 Å². The number of nitrogens with zero attached hydrogens (tertiary/aromatic N) is 2. The first-order chi connectivity index (χ1) is 15.5. The van der Waals surface area contributed by atoms with Crippen molar-refractivity contribution in [3.8, 4) is 5.75 Å². The normalized spacial score (nSPS) is 20.2. The fourth-order valence-corrected chi connectivity index (χ4v) is 4.04. The second-order valence-corrected chi connectivity index (χ2v) is 8.35. The average molecular weight is 494 g/mol. The number of benzene rings is 2. The van der Waals surface area contributed by atoms with Crippen LogP contribution in [0.4, 0.5) is 5.69 Å². The summed E-state index contributed by atoms with van der Waals surface area (Å²) in [5.74, 6) is 4.86. The van der Waals surface area contributed by atoms with E-state index in [2.05, 4.69) is 15.7 Å². The minimum atomic E-state index is -1.09. The Morgan fingerprint density at radius 2 is 2.09 bits per heavy atom. The van der Waals surface area contributed by atoms with Crippen LogP contribution in [-0.2, 0) is 21.8 Å². The van der Waals surface area contributed by atoms with Gasteiger partial charge in [-0.1, -0.05) is 29.3 Å². The van der Waals surface area contributed by atoms with Gasteiger partial charge in [0, 0.05) is 28.7 Å².